The fourth-order valence-electron chi connectivity index (χ4n) is 2.13. The van der Waals surface area contributed by atoms with E-state index in [-0.39, 0.29) is 28.9 Å². The molecule has 1 saturated heterocycles. The van der Waals surface area contributed by atoms with Crippen LogP contribution in [0.3, 0.4) is 0 Å². The number of carbonyl (C=O) groups is 1. The number of benzene rings is 1. The van der Waals surface area contributed by atoms with Crippen molar-refractivity contribution < 1.29 is 15.0 Å². The van der Waals surface area contributed by atoms with Crippen molar-refractivity contribution in [3.63, 3.8) is 0 Å². The Morgan fingerprint density at radius 3 is 2.94 bits per heavy atom. The zero-order valence-corrected chi connectivity index (χ0v) is 9.83. The van der Waals surface area contributed by atoms with E-state index in [4.69, 9.17) is 5.26 Å². The number of phenolic OH excluding ortho intramolecular Hbond substituents is 2. The molecule has 1 heterocycles. The maximum atomic E-state index is 12.2. The van der Waals surface area contributed by atoms with E-state index in [0.717, 1.165) is 12.8 Å². The average Bonchev–Trinajstić information content (AvgIpc) is 2.41. The molecule has 1 atom stereocenters. The Morgan fingerprint density at radius 1 is 1.44 bits per heavy atom. The molecule has 0 bridgehead atoms. The van der Waals surface area contributed by atoms with Gasteiger partial charge in [0.1, 0.15) is 11.5 Å². The summed E-state index contributed by atoms with van der Waals surface area (Å²) in [4.78, 5) is 13.7. The Balaban J connectivity index is 2.21. The summed E-state index contributed by atoms with van der Waals surface area (Å²) in [6.07, 6.45) is 1.58. The molecule has 2 N–H and O–H groups in total. The number of carbonyl (C=O) groups excluding carboxylic acids is 1. The van der Waals surface area contributed by atoms with Gasteiger partial charge in [-0.3, -0.25) is 4.79 Å². The average molecular weight is 246 g/mol. The molecule has 0 aliphatic carbocycles. The third-order valence-corrected chi connectivity index (χ3v) is 3.10. The lowest BCUT2D eigenvalue weighted by Crippen LogP contribution is -2.39. The van der Waals surface area contributed by atoms with Crippen molar-refractivity contribution in [1.29, 1.82) is 5.26 Å². The number of nitriles is 1. The standard InChI is InChI=1S/C13H14N2O3/c14-7-9-2-1-5-15(8-9)13(18)11-6-10(16)3-4-12(11)17/h3-4,6,9,16-17H,1-2,5,8H2. The van der Waals surface area contributed by atoms with Gasteiger partial charge in [0.05, 0.1) is 17.6 Å². The summed E-state index contributed by atoms with van der Waals surface area (Å²) in [6, 6.07) is 6.01. The summed E-state index contributed by atoms with van der Waals surface area (Å²) < 4.78 is 0. The molecule has 1 aliphatic heterocycles. The van der Waals surface area contributed by atoms with Gasteiger partial charge in [-0.2, -0.15) is 5.26 Å². The number of amides is 1. The second-order valence-electron chi connectivity index (χ2n) is 4.42. The summed E-state index contributed by atoms with van der Waals surface area (Å²) in [7, 11) is 0. The normalized spacial score (nSPS) is 19.3. The highest BCUT2D eigenvalue weighted by Gasteiger charge is 2.25. The molecule has 5 nitrogen and oxygen atoms in total. The Hall–Kier alpha value is -2.22. The van der Waals surface area contributed by atoms with Crippen LogP contribution in [0.15, 0.2) is 18.2 Å². The van der Waals surface area contributed by atoms with Crippen molar-refractivity contribution in [3.05, 3.63) is 23.8 Å². The van der Waals surface area contributed by atoms with Crippen molar-refractivity contribution in [3.8, 4) is 17.6 Å². The lowest BCUT2D eigenvalue weighted by molar-refractivity contribution is 0.0695. The number of nitrogens with zero attached hydrogens (tertiary/aromatic N) is 2. The summed E-state index contributed by atoms with van der Waals surface area (Å²) in [6.45, 7) is 0.955. The van der Waals surface area contributed by atoms with E-state index in [0.29, 0.717) is 13.1 Å². The first-order chi connectivity index (χ1) is 8.61. The van der Waals surface area contributed by atoms with Crippen LogP contribution in [0.2, 0.25) is 0 Å². The molecule has 1 amide bonds. The van der Waals surface area contributed by atoms with Gasteiger partial charge in [0.2, 0.25) is 0 Å². The van der Waals surface area contributed by atoms with Crippen LogP contribution in [0.4, 0.5) is 0 Å². The van der Waals surface area contributed by atoms with Crippen molar-refractivity contribution in [2.24, 2.45) is 5.92 Å². The van der Waals surface area contributed by atoms with Gasteiger partial charge in [-0.25, -0.2) is 0 Å². The lowest BCUT2D eigenvalue weighted by Gasteiger charge is -2.29. The van der Waals surface area contributed by atoms with E-state index in [1.807, 2.05) is 0 Å². The molecule has 1 unspecified atom stereocenters. The van der Waals surface area contributed by atoms with Crippen LogP contribution >= 0.6 is 0 Å². The van der Waals surface area contributed by atoms with Crippen LogP contribution in [-0.4, -0.2) is 34.1 Å². The van der Waals surface area contributed by atoms with E-state index in [1.165, 1.54) is 18.2 Å². The van der Waals surface area contributed by atoms with Gasteiger partial charge in [0.15, 0.2) is 0 Å². The molecular formula is C13H14N2O3. The molecular weight excluding hydrogens is 232 g/mol. The minimum absolute atomic E-state index is 0.0648. The molecule has 1 aliphatic rings. The van der Waals surface area contributed by atoms with Crippen LogP contribution in [0.5, 0.6) is 11.5 Å². The number of phenols is 2. The molecule has 18 heavy (non-hydrogen) atoms. The molecule has 2 rings (SSSR count). The van der Waals surface area contributed by atoms with Crippen molar-refractivity contribution in [2.75, 3.05) is 13.1 Å². The van der Waals surface area contributed by atoms with E-state index in [1.54, 1.807) is 4.90 Å². The summed E-state index contributed by atoms with van der Waals surface area (Å²) in [5, 5.41) is 27.9. The minimum Gasteiger partial charge on any atom is -0.508 e. The Bertz CT molecular complexity index is 507. The van der Waals surface area contributed by atoms with Crippen LogP contribution in [0, 0.1) is 17.2 Å². The smallest absolute Gasteiger partial charge is 0.257 e. The predicted molar refractivity (Wildman–Crippen MR) is 64.0 cm³/mol. The van der Waals surface area contributed by atoms with Gasteiger partial charge in [-0.15, -0.1) is 0 Å². The Kier molecular flexibility index (Phi) is 3.38. The fourth-order valence-corrected chi connectivity index (χ4v) is 2.13. The van der Waals surface area contributed by atoms with Gasteiger partial charge in [-0.1, -0.05) is 0 Å². The van der Waals surface area contributed by atoms with Gasteiger partial charge < -0.3 is 15.1 Å². The highest BCUT2D eigenvalue weighted by Crippen LogP contribution is 2.25. The minimum atomic E-state index is -0.344. The third-order valence-electron chi connectivity index (χ3n) is 3.10. The number of hydrogen-bond acceptors (Lipinski definition) is 4. The van der Waals surface area contributed by atoms with E-state index < -0.39 is 0 Å². The molecule has 1 aromatic rings. The molecule has 0 saturated carbocycles. The van der Waals surface area contributed by atoms with Gasteiger partial charge in [0, 0.05) is 13.1 Å². The Morgan fingerprint density at radius 2 is 2.22 bits per heavy atom. The predicted octanol–water partition coefficient (Wildman–Crippen LogP) is 1.47. The van der Waals surface area contributed by atoms with Crippen molar-refractivity contribution >= 4 is 5.91 Å². The number of rotatable bonds is 1. The molecule has 1 fully saturated rings. The maximum Gasteiger partial charge on any atom is 0.257 e. The molecule has 0 radical (unpaired) electrons. The quantitative estimate of drug-likeness (QED) is 0.735. The summed E-state index contributed by atoms with van der Waals surface area (Å²) in [5.74, 6) is -0.715. The number of piperidine rings is 1. The SMILES string of the molecule is N#CC1CCCN(C(=O)c2cc(O)ccc2O)C1. The van der Waals surface area contributed by atoms with Gasteiger partial charge in [0.25, 0.3) is 5.91 Å². The van der Waals surface area contributed by atoms with Crippen molar-refractivity contribution in [2.45, 2.75) is 12.8 Å². The van der Waals surface area contributed by atoms with E-state index >= 15 is 0 Å². The second kappa shape index (κ2) is 4.96. The van der Waals surface area contributed by atoms with Gasteiger partial charge in [-0.05, 0) is 31.0 Å². The molecule has 0 aromatic heterocycles. The molecule has 5 heteroatoms. The summed E-state index contributed by atoms with van der Waals surface area (Å²) >= 11 is 0. The topological polar surface area (TPSA) is 84.6 Å². The van der Waals surface area contributed by atoms with Crippen LogP contribution in [-0.2, 0) is 0 Å². The summed E-state index contributed by atoms with van der Waals surface area (Å²) in [5.41, 5.74) is 0.0774. The van der Waals surface area contributed by atoms with E-state index in [2.05, 4.69) is 6.07 Å². The molecule has 94 valence electrons. The van der Waals surface area contributed by atoms with Gasteiger partial charge >= 0.3 is 0 Å². The molecule has 1 aromatic carbocycles. The zero-order valence-electron chi connectivity index (χ0n) is 9.83. The first kappa shape index (κ1) is 12.2. The largest absolute Gasteiger partial charge is 0.508 e. The highest BCUT2D eigenvalue weighted by molar-refractivity contribution is 5.97. The number of aromatic hydroxyl groups is 2. The first-order valence-electron chi connectivity index (χ1n) is 5.82. The number of hydrogen-bond donors (Lipinski definition) is 2. The fraction of sp³-hybridized carbons (Fsp3) is 0.385. The highest BCUT2D eigenvalue weighted by atomic mass is 16.3. The third kappa shape index (κ3) is 2.38. The van der Waals surface area contributed by atoms with Crippen LogP contribution < -0.4 is 0 Å². The number of likely N-dealkylation sites (tertiary alicyclic amines) is 1. The van der Waals surface area contributed by atoms with Crippen molar-refractivity contribution in [1.82, 2.24) is 4.90 Å². The van der Waals surface area contributed by atoms with Crippen LogP contribution in [0.25, 0.3) is 0 Å². The zero-order chi connectivity index (χ0) is 13.1. The van der Waals surface area contributed by atoms with Crippen LogP contribution in [0.1, 0.15) is 23.2 Å². The monoisotopic (exact) mass is 246 g/mol. The second-order valence-corrected chi connectivity index (χ2v) is 4.42. The van der Waals surface area contributed by atoms with E-state index in [9.17, 15) is 15.0 Å². The lowest BCUT2D eigenvalue weighted by atomic mass is 9.99. The maximum absolute atomic E-state index is 12.2. The first-order valence-corrected chi connectivity index (χ1v) is 5.82. The Labute approximate surface area is 105 Å². The molecule has 0 spiro atoms.